The van der Waals surface area contributed by atoms with E-state index in [4.69, 9.17) is 4.52 Å². The van der Waals surface area contributed by atoms with E-state index >= 15 is 0 Å². The van der Waals surface area contributed by atoms with E-state index in [1.807, 2.05) is 0 Å². The van der Waals surface area contributed by atoms with Crippen molar-refractivity contribution in [3.63, 3.8) is 0 Å². The predicted octanol–water partition coefficient (Wildman–Crippen LogP) is 2.33. The van der Waals surface area contributed by atoms with Crippen LogP contribution in [0.1, 0.15) is 11.5 Å². The van der Waals surface area contributed by atoms with E-state index in [1.54, 1.807) is 13.0 Å². The van der Waals surface area contributed by atoms with E-state index < -0.39 is 5.51 Å². The lowest BCUT2D eigenvalue weighted by Gasteiger charge is -2.05. The second-order valence-electron chi connectivity index (χ2n) is 2.90. The maximum absolute atomic E-state index is 11.7. The molecule has 1 heterocycles. The SMILES string of the molecule is Cc1cc(CNCCSC(F)(F)F)no1. The molecule has 0 unspecified atom stereocenters. The Bertz CT molecular complexity index is 300. The molecule has 0 aliphatic rings. The molecule has 0 amide bonds. The zero-order chi connectivity index (χ0) is 11.3. The molecule has 0 saturated carbocycles. The van der Waals surface area contributed by atoms with Crippen molar-refractivity contribution in [3.8, 4) is 0 Å². The van der Waals surface area contributed by atoms with Gasteiger partial charge in [0.1, 0.15) is 5.76 Å². The average Bonchev–Trinajstić information content (AvgIpc) is 2.49. The molecule has 15 heavy (non-hydrogen) atoms. The highest BCUT2D eigenvalue weighted by Gasteiger charge is 2.27. The third kappa shape index (κ3) is 5.68. The van der Waals surface area contributed by atoms with Gasteiger partial charge in [-0.15, -0.1) is 0 Å². The molecular weight excluding hydrogens is 229 g/mol. The fourth-order valence-corrected chi connectivity index (χ4v) is 1.43. The van der Waals surface area contributed by atoms with Crippen molar-refractivity contribution >= 4 is 11.8 Å². The predicted molar refractivity (Wildman–Crippen MR) is 51.5 cm³/mol. The fraction of sp³-hybridized carbons (Fsp3) is 0.625. The number of aromatic nitrogens is 1. The molecule has 3 nitrogen and oxygen atoms in total. The third-order valence-electron chi connectivity index (χ3n) is 1.53. The van der Waals surface area contributed by atoms with Crippen LogP contribution in [0, 0.1) is 6.92 Å². The number of nitrogens with one attached hydrogen (secondary N) is 1. The van der Waals surface area contributed by atoms with Crippen LogP contribution in [0.3, 0.4) is 0 Å². The Morgan fingerprint density at radius 3 is 2.80 bits per heavy atom. The van der Waals surface area contributed by atoms with Gasteiger partial charge < -0.3 is 9.84 Å². The summed E-state index contributed by atoms with van der Waals surface area (Å²) in [6, 6.07) is 1.74. The van der Waals surface area contributed by atoms with Gasteiger partial charge in [0.2, 0.25) is 0 Å². The van der Waals surface area contributed by atoms with Gasteiger partial charge in [0.15, 0.2) is 0 Å². The first-order valence-corrected chi connectivity index (χ1v) is 5.29. The molecule has 1 rings (SSSR count). The Hall–Kier alpha value is -0.690. The maximum Gasteiger partial charge on any atom is 0.441 e. The summed E-state index contributed by atoms with van der Waals surface area (Å²) in [5.41, 5.74) is -3.45. The minimum Gasteiger partial charge on any atom is -0.361 e. The van der Waals surface area contributed by atoms with Gasteiger partial charge >= 0.3 is 5.51 Å². The molecule has 0 atom stereocenters. The van der Waals surface area contributed by atoms with Gasteiger partial charge in [0.25, 0.3) is 0 Å². The molecular formula is C8H11F3N2OS. The van der Waals surface area contributed by atoms with E-state index in [0.29, 0.717) is 18.0 Å². The molecule has 0 radical (unpaired) electrons. The van der Waals surface area contributed by atoms with Crippen molar-refractivity contribution in [2.24, 2.45) is 0 Å². The number of nitrogens with zero attached hydrogens (tertiary/aromatic N) is 1. The Labute approximate surface area is 89.4 Å². The second kappa shape index (κ2) is 5.41. The lowest BCUT2D eigenvalue weighted by Crippen LogP contribution is -2.18. The number of alkyl halides is 3. The van der Waals surface area contributed by atoms with Gasteiger partial charge in [0.05, 0.1) is 5.69 Å². The fourth-order valence-electron chi connectivity index (χ4n) is 0.957. The number of aryl methyl sites for hydroxylation is 1. The maximum atomic E-state index is 11.7. The van der Waals surface area contributed by atoms with E-state index in [9.17, 15) is 13.2 Å². The standard InChI is InChI=1S/C8H11F3N2OS/c1-6-4-7(13-14-6)5-12-2-3-15-8(9,10)11/h4,12H,2-3,5H2,1H3. The smallest absolute Gasteiger partial charge is 0.361 e. The molecule has 1 aromatic heterocycles. The van der Waals surface area contributed by atoms with Crippen molar-refractivity contribution in [1.82, 2.24) is 10.5 Å². The van der Waals surface area contributed by atoms with Crippen LogP contribution in [0.25, 0.3) is 0 Å². The highest BCUT2D eigenvalue weighted by Crippen LogP contribution is 2.29. The third-order valence-corrected chi connectivity index (χ3v) is 2.26. The molecule has 0 fully saturated rings. The van der Waals surface area contributed by atoms with Crippen molar-refractivity contribution in [2.75, 3.05) is 12.3 Å². The van der Waals surface area contributed by atoms with Gasteiger partial charge in [-0.3, -0.25) is 0 Å². The first-order valence-electron chi connectivity index (χ1n) is 4.31. The number of hydrogen-bond donors (Lipinski definition) is 1. The van der Waals surface area contributed by atoms with Gasteiger partial charge in [-0.1, -0.05) is 5.16 Å². The van der Waals surface area contributed by atoms with Crippen molar-refractivity contribution in [3.05, 3.63) is 17.5 Å². The summed E-state index contributed by atoms with van der Waals surface area (Å²) in [6.45, 7) is 2.47. The van der Waals surface area contributed by atoms with Crippen LogP contribution < -0.4 is 5.32 Å². The van der Waals surface area contributed by atoms with Crippen LogP contribution in [0.5, 0.6) is 0 Å². The summed E-state index contributed by atoms with van der Waals surface area (Å²) >= 11 is -0.0324. The van der Waals surface area contributed by atoms with Gasteiger partial charge in [0, 0.05) is 24.9 Å². The van der Waals surface area contributed by atoms with Crippen molar-refractivity contribution in [1.29, 1.82) is 0 Å². The lowest BCUT2D eigenvalue weighted by atomic mass is 10.4. The second-order valence-corrected chi connectivity index (χ2v) is 4.06. The molecule has 0 aromatic carbocycles. The van der Waals surface area contributed by atoms with Gasteiger partial charge in [-0.2, -0.15) is 13.2 Å². The summed E-state index contributed by atoms with van der Waals surface area (Å²) in [4.78, 5) is 0. The topological polar surface area (TPSA) is 38.1 Å². The molecule has 0 saturated heterocycles. The van der Waals surface area contributed by atoms with Crippen LogP contribution in [0.15, 0.2) is 10.6 Å². The van der Waals surface area contributed by atoms with Crippen LogP contribution in [-0.2, 0) is 6.54 Å². The van der Waals surface area contributed by atoms with Crippen molar-refractivity contribution < 1.29 is 17.7 Å². The summed E-state index contributed by atoms with van der Waals surface area (Å²) in [6.07, 6.45) is 0. The minimum absolute atomic E-state index is 0.000331. The number of rotatable bonds is 5. The Kier molecular flexibility index (Phi) is 4.46. The number of thioether (sulfide) groups is 1. The molecule has 0 bridgehead atoms. The van der Waals surface area contributed by atoms with Crippen LogP contribution in [0.4, 0.5) is 13.2 Å². The highest BCUT2D eigenvalue weighted by atomic mass is 32.2. The first-order chi connectivity index (χ1) is 6.97. The van der Waals surface area contributed by atoms with Crippen LogP contribution >= 0.6 is 11.8 Å². The van der Waals surface area contributed by atoms with E-state index in [1.165, 1.54) is 0 Å². The highest BCUT2D eigenvalue weighted by molar-refractivity contribution is 8.00. The van der Waals surface area contributed by atoms with Crippen molar-refractivity contribution in [2.45, 2.75) is 19.0 Å². The Morgan fingerprint density at radius 1 is 1.53 bits per heavy atom. The van der Waals surface area contributed by atoms with Crippen LogP contribution in [0.2, 0.25) is 0 Å². The molecule has 1 N–H and O–H groups in total. The molecule has 1 aromatic rings. The normalized spacial score (nSPS) is 12.0. The number of hydrogen-bond acceptors (Lipinski definition) is 4. The minimum atomic E-state index is -4.15. The first kappa shape index (κ1) is 12.4. The largest absolute Gasteiger partial charge is 0.441 e. The lowest BCUT2D eigenvalue weighted by molar-refractivity contribution is -0.0327. The van der Waals surface area contributed by atoms with E-state index in [0.717, 1.165) is 0 Å². The number of halogens is 3. The van der Waals surface area contributed by atoms with E-state index in [-0.39, 0.29) is 24.1 Å². The quantitative estimate of drug-likeness (QED) is 0.801. The molecule has 0 aliphatic carbocycles. The summed E-state index contributed by atoms with van der Waals surface area (Å²) in [5.74, 6) is 0.692. The monoisotopic (exact) mass is 240 g/mol. The van der Waals surface area contributed by atoms with Gasteiger partial charge in [-0.25, -0.2) is 0 Å². The Balaban J connectivity index is 2.07. The zero-order valence-corrected chi connectivity index (χ0v) is 8.91. The molecule has 0 aliphatic heterocycles. The summed E-state index contributed by atoms with van der Waals surface area (Å²) < 4.78 is 40.0. The zero-order valence-electron chi connectivity index (χ0n) is 8.10. The summed E-state index contributed by atoms with van der Waals surface area (Å²) in [5, 5.41) is 6.54. The van der Waals surface area contributed by atoms with E-state index in [2.05, 4.69) is 10.5 Å². The average molecular weight is 240 g/mol. The van der Waals surface area contributed by atoms with Gasteiger partial charge in [-0.05, 0) is 18.7 Å². The molecule has 0 spiro atoms. The summed E-state index contributed by atoms with van der Waals surface area (Å²) in [7, 11) is 0. The Morgan fingerprint density at radius 2 is 2.27 bits per heavy atom. The molecule has 86 valence electrons. The van der Waals surface area contributed by atoms with Crippen LogP contribution in [-0.4, -0.2) is 23.0 Å². The molecule has 7 heteroatoms.